The Labute approximate surface area is 183 Å². The van der Waals surface area contributed by atoms with Crippen molar-refractivity contribution in [1.29, 1.82) is 0 Å². The molecule has 0 aliphatic carbocycles. The van der Waals surface area contributed by atoms with Gasteiger partial charge in [-0.05, 0) is 12.5 Å². The normalized spacial score (nSPS) is 13.7. The molecule has 0 amide bonds. The molecule has 0 aliphatic heterocycles. The Morgan fingerprint density at radius 2 is 1.78 bits per heavy atom. The summed E-state index contributed by atoms with van der Waals surface area (Å²) in [6.07, 6.45) is -6.63. The Morgan fingerprint density at radius 3 is 2.38 bits per heavy atom. The van der Waals surface area contributed by atoms with Gasteiger partial charge in [-0.15, -0.1) is 0 Å². The minimum absolute atomic E-state index is 0.0845. The predicted octanol–water partition coefficient (Wildman–Crippen LogP) is 1.30. The fourth-order valence-electron chi connectivity index (χ4n) is 1.74. The van der Waals surface area contributed by atoms with Crippen molar-refractivity contribution in [1.82, 2.24) is 20.0 Å². The molecule has 1 rings (SSSR count). The number of anilines is 1. The van der Waals surface area contributed by atoms with Gasteiger partial charge in [0.05, 0.1) is 6.26 Å². The van der Waals surface area contributed by atoms with Crippen LogP contribution in [0.25, 0.3) is 0 Å². The summed E-state index contributed by atoms with van der Waals surface area (Å²) in [6, 6.07) is 1.36. The quantitative estimate of drug-likeness (QED) is 0.0971. The second-order valence-electron chi connectivity index (χ2n) is 5.95. The van der Waals surface area contributed by atoms with Gasteiger partial charge in [-0.2, -0.15) is 26.3 Å². The van der Waals surface area contributed by atoms with Crippen molar-refractivity contribution in [3.05, 3.63) is 12.3 Å². The molecule has 0 aliphatic rings. The first-order valence-corrected chi connectivity index (χ1v) is 11.4. The van der Waals surface area contributed by atoms with E-state index in [-0.39, 0.29) is 17.5 Å². The summed E-state index contributed by atoms with van der Waals surface area (Å²) in [5.74, 6) is -0.529. The second-order valence-corrected chi connectivity index (χ2v) is 8.76. The molecule has 10 nitrogen and oxygen atoms in total. The highest BCUT2D eigenvalue weighted by Crippen LogP contribution is 2.17. The third-order valence-electron chi connectivity index (χ3n) is 2.86. The number of aromatic nitrogens is 2. The molecule has 0 saturated heterocycles. The summed E-state index contributed by atoms with van der Waals surface area (Å²) < 4.78 is 97.6. The van der Waals surface area contributed by atoms with Crippen LogP contribution in [0, 0.1) is 0 Å². The summed E-state index contributed by atoms with van der Waals surface area (Å²) >= 11 is 1.14. The van der Waals surface area contributed by atoms with Crippen molar-refractivity contribution in [2.24, 2.45) is 15.7 Å². The molecule has 0 atom stereocenters. The van der Waals surface area contributed by atoms with E-state index in [0.717, 1.165) is 18.0 Å². The molecule has 5 N–H and O–H groups in total. The summed E-state index contributed by atoms with van der Waals surface area (Å²) in [4.78, 5) is 14.3. The van der Waals surface area contributed by atoms with Crippen LogP contribution >= 0.6 is 11.8 Å². The van der Waals surface area contributed by atoms with Crippen LogP contribution in [0.1, 0.15) is 6.42 Å². The Balaban J connectivity index is 2.53. The lowest BCUT2D eigenvalue weighted by Crippen LogP contribution is -2.41. The van der Waals surface area contributed by atoms with Crippen LogP contribution in [0.2, 0.25) is 0 Å². The van der Waals surface area contributed by atoms with Crippen LogP contribution in [0.5, 0.6) is 0 Å². The van der Waals surface area contributed by atoms with Gasteiger partial charge in [0.1, 0.15) is 18.9 Å². The SMILES string of the molecule is CS(=O)(=O)NC(=NCC(F)(F)F)NCCCSc1nccc(NC(N)=NCC(F)(F)F)n1. The third-order valence-corrected chi connectivity index (χ3v) is 4.37. The molecule has 0 fully saturated rings. The van der Waals surface area contributed by atoms with E-state index in [4.69, 9.17) is 5.73 Å². The maximum atomic E-state index is 12.3. The Kier molecular flexibility index (Phi) is 10.3. The molecular formula is C14H20F6N8O2S2. The molecule has 0 saturated carbocycles. The van der Waals surface area contributed by atoms with Crippen molar-refractivity contribution in [2.75, 3.05) is 37.0 Å². The number of rotatable bonds is 9. The number of hydrogen-bond donors (Lipinski definition) is 4. The van der Waals surface area contributed by atoms with Gasteiger partial charge >= 0.3 is 12.4 Å². The molecule has 1 aromatic heterocycles. The van der Waals surface area contributed by atoms with Crippen molar-refractivity contribution >= 4 is 39.5 Å². The number of guanidine groups is 2. The van der Waals surface area contributed by atoms with Crippen molar-refractivity contribution in [2.45, 2.75) is 23.9 Å². The average molecular weight is 510 g/mol. The van der Waals surface area contributed by atoms with Gasteiger partial charge in [0.25, 0.3) is 0 Å². The van der Waals surface area contributed by atoms with Gasteiger partial charge in [0.15, 0.2) is 11.1 Å². The standard InChI is InChI=1S/C14H20F6N8O2S2/c1-32(29,30)28-11(25-8-14(18,19)20)22-4-2-6-31-12-23-5-3-9(27-12)26-10(21)24-7-13(15,16)17/h3,5H,2,4,6-8H2,1H3,(H2,22,25,28)(H3,21,23,24,26,27). The van der Waals surface area contributed by atoms with Gasteiger partial charge in [-0.25, -0.2) is 28.4 Å². The van der Waals surface area contributed by atoms with E-state index in [1.165, 1.54) is 12.3 Å². The fraction of sp³-hybridized carbons (Fsp3) is 0.571. The molecule has 0 radical (unpaired) electrons. The largest absolute Gasteiger partial charge is 0.408 e. The predicted molar refractivity (Wildman–Crippen MR) is 108 cm³/mol. The van der Waals surface area contributed by atoms with Gasteiger partial charge in [-0.1, -0.05) is 11.8 Å². The molecule has 182 valence electrons. The maximum Gasteiger partial charge on any atom is 0.408 e. The Hall–Kier alpha value is -2.50. The van der Waals surface area contributed by atoms with Crippen molar-refractivity contribution < 1.29 is 34.8 Å². The van der Waals surface area contributed by atoms with E-state index in [9.17, 15) is 34.8 Å². The first-order chi connectivity index (χ1) is 14.6. The maximum absolute atomic E-state index is 12.3. The van der Waals surface area contributed by atoms with Crippen LogP contribution in [-0.2, 0) is 10.0 Å². The van der Waals surface area contributed by atoms with E-state index < -0.39 is 47.4 Å². The third kappa shape index (κ3) is 14.5. The minimum atomic E-state index is -4.60. The number of thioether (sulfide) groups is 1. The number of nitrogens with two attached hydrogens (primary N) is 1. The number of aliphatic imine (C=N–C) groups is 2. The average Bonchev–Trinajstić information content (AvgIpc) is 2.62. The Bertz CT molecular complexity index is 905. The van der Waals surface area contributed by atoms with Crippen LogP contribution < -0.4 is 21.1 Å². The van der Waals surface area contributed by atoms with Crippen LogP contribution in [0.15, 0.2) is 27.4 Å². The zero-order chi connectivity index (χ0) is 24.4. The fourth-order valence-corrected chi connectivity index (χ4v) is 2.99. The lowest BCUT2D eigenvalue weighted by molar-refractivity contribution is -0.119. The smallest absolute Gasteiger partial charge is 0.370 e. The number of alkyl halides is 6. The van der Waals surface area contributed by atoms with Gasteiger partial charge in [0, 0.05) is 18.5 Å². The van der Waals surface area contributed by atoms with Crippen LogP contribution in [0.3, 0.4) is 0 Å². The number of nitrogens with zero attached hydrogens (tertiary/aromatic N) is 4. The highest BCUT2D eigenvalue weighted by Gasteiger charge is 2.27. The minimum Gasteiger partial charge on any atom is -0.370 e. The number of hydrogen-bond acceptors (Lipinski definition) is 7. The number of nitrogens with one attached hydrogen (secondary N) is 3. The molecule has 1 aromatic rings. The van der Waals surface area contributed by atoms with Gasteiger partial charge in [0.2, 0.25) is 16.0 Å². The monoisotopic (exact) mass is 510 g/mol. The number of sulfonamides is 1. The lowest BCUT2D eigenvalue weighted by Gasteiger charge is -2.12. The molecule has 0 spiro atoms. The summed E-state index contributed by atoms with van der Waals surface area (Å²) in [6.45, 7) is -2.93. The molecule has 1 heterocycles. The Morgan fingerprint density at radius 1 is 1.16 bits per heavy atom. The molecule has 0 unspecified atom stereocenters. The number of halogens is 6. The highest BCUT2D eigenvalue weighted by molar-refractivity contribution is 7.99. The summed E-state index contributed by atoms with van der Waals surface area (Å²) in [5, 5.41) is 5.11. The molecule has 0 aromatic carbocycles. The molecule has 18 heteroatoms. The van der Waals surface area contributed by atoms with E-state index in [1.807, 2.05) is 4.72 Å². The molecule has 0 bridgehead atoms. The first-order valence-electron chi connectivity index (χ1n) is 8.55. The van der Waals surface area contributed by atoms with E-state index in [0.29, 0.717) is 12.2 Å². The van der Waals surface area contributed by atoms with E-state index in [2.05, 4.69) is 30.6 Å². The van der Waals surface area contributed by atoms with E-state index >= 15 is 0 Å². The zero-order valence-corrected chi connectivity index (χ0v) is 18.1. The van der Waals surface area contributed by atoms with Gasteiger partial charge in [-0.3, -0.25) is 4.72 Å². The second kappa shape index (κ2) is 11.9. The summed E-state index contributed by atoms with van der Waals surface area (Å²) in [7, 11) is -3.83. The van der Waals surface area contributed by atoms with Crippen molar-refractivity contribution in [3.8, 4) is 0 Å². The first kappa shape index (κ1) is 27.5. The lowest BCUT2D eigenvalue weighted by atomic mass is 10.5. The van der Waals surface area contributed by atoms with Gasteiger partial charge < -0.3 is 16.4 Å². The van der Waals surface area contributed by atoms with Crippen LogP contribution in [0.4, 0.5) is 32.2 Å². The molecular weight excluding hydrogens is 490 g/mol. The van der Waals surface area contributed by atoms with Crippen molar-refractivity contribution in [3.63, 3.8) is 0 Å². The molecule has 32 heavy (non-hydrogen) atoms. The zero-order valence-electron chi connectivity index (χ0n) is 16.5. The van der Waals surface area contributed by atoms with Crippen LogP contribution in [-0.4, -0.2) is 74.3 Å². The summed E-state index contributed by atoms with van der Waals surface area (Å²) in [5.41, 5.74) is 5.36. The van der Waals surface area contributed by atoms with E-state index in [1.54, 1.807) is 0 Å². The highest BCUT2D eigenvalue weighted by atomic mass is 32.2. The topological polar surface area (TPSA) is 147 Å².